The van der Waals surface area contributed by atoms with Gasteiger partial charge in [-0.25, -0.2) is 0 Å². The van der Waals surface area contributed by atoms with Crippen molar-refractivity contribution in [2.75, 3.05) is 26.9 Å². The summed E-state index contributed by atoms with van der Waals surface area (Å²) < 4.78 is 10.5. The van der Waals surface area contributed by atoms with Gasteiger partial charge >= 0.3 is 0 Å². The van der Waals surface area contributed by atoms with Crippen LogP contribution in [-0.4, -0.2) is 32.8 Å². The summed E-state index contributed by atoms with van der Waals surface area (Å²) in [5.41, 5.74) is 1.74. The SMILES string of the molecule is CCCCOCCCNC(=O)c1ccc(COC)cc1. The molecule has 1 aromatic rings. The number of methoxy groups -OCH3 is 1. The summed E-state index contributed by atoms with van der Waals surface area (Å²) in [7, 11) is 1.66. The number of amides is 1. The van der Waals surface area contributed by atoms with Crippen molar-refractivity contribution in [1.82, 2.24) is 5.32 Å². The smallest absolute Gasteiger partial charge is 0.251 e. The van der Waals surface area contributed by atoms with Crippen LogP contribution in [0.25, 0.3) is 0 Å². The molecule has 1 amide bonds. The van der Waals surface area contributed by atoms with E-state index in [4.69, 9.17) is 9.47 Å². The molecule has 0 bridgehead atoms. The molecule has 0 aromatic heterocycles. The van der Waals surface area contributed by atoms with Crippen molar-refractivity contribution in [2.45, 2.75) is 32.8 Å². The van der Waals surface area contributed by atoms with Gasteiger partial charge in [-0.05, 0) is 30.5 Å². The molecule has 0 heterocycles. The first-order valence-corrected chi connectivity index (χ1v) is 7.21. The van der Waals surface area contributed by atoms with Gasteiger partial charge < -0.3 is 14.8 Å². The predicted molar refractivity (Wildman–Crippen MR) is 79.8 cm³/mol. The number of benzene rings is 1. The second-order valence-electron chi connectivity index (χ2n) is 4.71. The fraction of sp³-hybridized carbons (Fsp3) is 0.562. The molecule has 0 saturated carbocycles. The largest absolute Gasteiger partial charge is 0.381 e. The Bertz CT molecular complexity index is 376. The van der Waals surface area contributed by atoms with Crippen LogP contribution in [0.15, 0.2) is 24.3 Å². The molecule has 0 aliphatic heterocycles. The molecule has 1 rings (SSSR count). The zero-order valence-electron chi connectivity index (χ0n) is 12.5. The van der Waals surface area contributed by atoms with Crippen molar-refractivity contribution in [1.29, 1.82) is 0 Å². The van der Waals surface area contributed by atoms with Crippen LogP contribution in [0.5, 0.6) is 0 Å². The van der Waals surface area contributed by atoms with Gasteiger partial charge in [0, 0.05) is 32.4 Å². The topological polar surface area (TPSA) is 47.6 Å². The van der Waals surface area contributed by atoms with E-state index < -0.39 is 0 Å². The van der Waals surface area contributed by atoms with E-state index in [1.54, 1.807) is 7.11 Å². The van der Waals surface area contributed by atoms with E-state index in [0.717, 1.165) is 31.4 Å². The van der Waals surface area contributed by atoms with E-state index in [1.165, 1.54) is 0 Å². The Morgan fingerprint density at radius 3 is 2.50 bits per heavy atom. The van der Waals surface area contributed by atoms with Crippen LogP contribution >= 0.6 is 0 Å². The minimum atomic E-state index is -0.0393. The van der Waals surface area contributed by atoms with Gasteiger partial charge in [-0.3, -0.25) is 4.79 Å². The van der Waals surface area contributed by atoms with Crippen molar-refractivity contribution in [3.63, 3.8) is 0 Å². The molecule has 1 aromatic carbocycles. The third kappa shape index (κ3) is 6.68. The molecule has 112 valence electrons. The zero-order valence-corrected chi connectivity index (χ0v) is 12.5. The summed E-state index contributed by atoms with van der Waals surface area (Å²) in [5, 5.41) is 2.89. The minimum Gasteiger partial charge on any atom is -0.381 e. The number of unbranched alkanes of at least 4 members (excludes halogenated alkanes) is 1. The van der Waals surface area contributed by atoms with Gasteiger partial charge in [0.1, 0.15) is 0 Å². The second-order valence-corrected chi connectivity index (χ2v) is 4.71. The molecule has 4 heteroatoms. The van der Waals surface area contributed by atoms with Gasteiger partial charge in [0.2, 0.25) is 0 Å². The van der Waals surface area contributed by atoms with Gasteiger partial charge in [-0.15, -0.1) is 0 Å². The molecule has 0 aliphatic rings. The van der Waals surface area contributed by atoms with Crippen LogP contribution in [0.3, 0.4) is 0 Å². The molecule has 0 spiro atoms. The molecule has 0 aliphatic carbocycles. The van der Waals surface area contributed by atoms with E-state index in [9.17, 15) is 4.79 Å². The molecule has 0 fully saturated rings. The first-order chi connectivity index (χ1) is 9.77. The lowest BCUT2D eigenvalue weighted by Gasteiger charge is -2.07. The van der Waals surface area contributed by atoms with Gasteiger partial charge in [0.25, 0.3) is 5.91 Å². The van der Waals surface area contributed by atoms with Crippen LogP contribution in [0.4, 0.5) is 0 Å². The monoisotopic (exact) mass is 279 g/mol. The highest BCUT2D eigenvalue weighted by Crippen LogP contribution is 2.05. The maximum absolute atomic E-state index is 11.9. The average Bonchev–Trinajstić information content (AvgIpc) is 2.47. The van der Waals surface area contributed by atoms with Crippen molar-refractivity contribution in [3.8, 4) is 0 Å². The lowest BCUT2D eigenvalue weighted by molar-refractivity contribution is 0.0940. The number of ether oxygens (including phenoxy) is 2. The Hall–Kier alpha value is -1.39. The van der Waals surface area contributed by atoms with E-state index in [2.05, 4.69) is 12.2 Å². The maximum Gasteiger partial charge on any atom is 0.251 e. The molecule has 1 N–H and O–H groups in total. The summed E-state index contributed by atoms with van der Waals surface area (Å²) in [6.45, 7) is 4.86. The molecule has 0 radical (unpaired) electrons. The molecular formula is C16H25NO3. The summed E-state index contributed by atoms with van der Waals surface area (Å²) in [6.07, 6.45) is 3.09. The van der Waals surface area contributed by atoms with Crippen LogP contribution in [0.2, 0.25) is 0 Å². The minimum absolute atomic E-state index is 0.0393. The molecule has 20 heavy (non-hydrogen) atoms. The van der Waals surface area contributed by atoms with Gasteiger partial charge in [-0.1, -0.05) is 25.5 Å². The number of hydrogen-bond donors (Lipinski definition) is 1. The highest BCUT2D eigenvalue weighted by Gasteiger charge is 2.04. The molecule has 4 nitrogen and oxygen atoms in total. The van der Waals surface area contributed by atoms with Crippen LogP contribution in [-0.2, 0) is 16.1 Å². The van der Waals surface area contributed by atoms with E-state index in [0.29, 0.717) is 25.3 Å². The first kappa shape index (κ1) is 16.7. The molecular weight excluding hydrogens is 254 g/mol. The van der Waals surface area contributed by atoms with Crippen LogP contribution in [0.1, 0.15) is 42.1 Å². The Kier molecular flexibility index (Phi) is 8.67. The zero-order chi connectivity index (χ0) is 14.6. The number of hydrogen-bond acceptors (Lipinski definition) is 3. The third-order valence-electron chi connectivity index (χ3n) is 2.92. The standard InChI is InChI=1S/C16H25NO3/c1-3-4-11-20-12-5-10-17-16(18)15-8-6-14(7-9-15)13-19-2/h6-9H,3-5,10-13H2,1-2H3,(H,17,18). The van der Waals surface area contributed by atoms with Crippen LogP contribution < -0.4 is 5.32 Å². The Labute approximate surface area is 121 Å². The van der Waals surface area contributed by atoms with Crippen molar-refractivity contribution >= 4 is 5.91 Å². The van der Waals surface area contributed by atoms with Gasteiger partial charge in [0.05, 0.1) is 6.61 Å². The first-order valence-electron chi connectivity index (χ1n) is 7.21. The van der Waals surface area contributed by atoms with E-state index in [1.807, 2.05) is 24.3 Å². The molecule has 0 unspecified atom stereocenters. The summed E-state index contributed by atoms with van der Waals surface area (Å²) in [4.78, 5) is 11.9. The number of carbonyl (C=O) groups is 1. The summed E-state index contributed by atoms with van der Waals surface area (Å²) >= 11 is 0. The van der Waals surface area contributed by atoms with Gasteiger partial charge in [0.15, 0.2) is 0 Å². The third-order valence-corrected chi connectivity index (χ3v) is 2.92. The van der Waals surface area contributed by atoms with Crippen molar-refractivity contribution in [3.05, 3.63) is 35.4 Å². The lowest BCUT2D eigenvalue weighted by Crippen LogP contribution is -2.25. The number of carbonyl (C=O) groups excluding carboxylic acids is 1. The molecule has 0 atom stereocenters. The van der Waals surface area contributed by atoms with E-state index in [-0.39, 0.29) is 5.91 Å². The maximum atomic E-state index is 11.9. The van der Waals surface area contributed by atoms with Crippen molar-refractivity contribution in [2.24, 2.45) is 0 Å². The lowest BCUT2D eigenvalue weighted by atomic mass is 10.1. The second kappa shape index (κ2) is 10.4. The number of rotatable bonds is 10. The summed E-state index contributed by atoms with van der Waals surface area (Å²) in [5.74, 6) is -0.0393. The molecule has 0 saturated heterocycles. The Morgan fingerprint density at radius 2 is 1.85 bits per heavy atom. The highest BCUT2D eigenvalue weighted by molar-refractivity contribution is 5.94. The van der Waals surface area contributed by atoms with E-state index >= 15 is 0 Å². The predicted octanol–water partition coefficient (Wildman–Crippen LogP) is 2.77. The Morgan fingerprint density at radius 1 is 1.15 bits per heavy atom. The fourth-order valence-electron chi connectivity index (χ4n) is 1.75. The number of nitrogens with one attached hydrogen (secondary N) is 1. The van der Waals surface area contributed by atoms with Crippen molar-refractivity contribution < 1.29 is 14.3 Å². The highest BCUT2D eigenvalue weighted by atomic mass is 16.5. The normalized spacial score (nSPS) is 10.5. The summed E-state index contributed by atoms with van der Waals surface area (Å²) in [6, 6.07) is 7.46. The fourth-order valence-corrected chi connectivity index (χ4v) is 1.75. The quantitative estimate of drug-likeness (QED) is 0.670. The average molecular weight is 279 g/mol. The van der Waals surface area contributed by atoms with Gasteiger partial charge in [-0.2, -0.15) is 0 Å². The Balaban J connectivity index is 2.18. The van der Waals surface area contributed by atoms with Crippen LogP contribution in [0, 0.1) is 0 Å².